The van der Waals surface area contributed by atoms with Crippen molar-refractivity contribution in [1.82, 2.24) is 14.7 Å². The van der Waals surface area contributed by atoms with E-state index in [4.69, 9.17) is 5.11 Å². The van der Waals surface area contributed by atoms with Gasteiger partial charge < -0.3 is 14.9 Å². The van der Waals surface area contributed by atoms with Crippen molar-refractivity contribution in [2.75, 3.05) is 33.2 Å². The van der Waals surface area contributed by atoms with Crippen molar-refractivity contribution in [3.8, 4) is 0 Å². The number of urea groups is 1. The Hall–Kier alpha value is -1.30. The third-order valence-electron chi connectivity index (χ3n) is 4.62. The lowest BCUT2D eigenvalue weighted by molar-refractivity contribution is -0.138. The Labute approximate surface area is 120 Å². The van der Waals surface area contributed by atoms with Gasteiger partial charge in [0.1, 0.15) is 0 Å². The Bertz CT molecular complexity index is 397. The highest BCUT2D eigenvalue weighted by atomic mass is 16.4. The molecule has 0 aromatic heterocycles. The van der Waals surface area contributed by atoms with Gasteiger partial charge in [0, 0.05) is 37.8 Å². The van der Waals surface area contributed by atoms with Gasteiger partial charge in [0.25, 0.3) is 0 Å². The molecule has 2 aliphatic heterocycles. The Morgan fingerprint density at radius 3 is 2.55 bits per heavy atom. The van der Waals surface area contributed by atoms with Gasteiger partial charge in [-0.3, -0.25) is 9.69 Å². The summed E-state index contributed by atoms with van der Waals surface area (Å²) in [6, 6.07) is -0.127. The molecule has 2 heterocycles. The molecule has 0 radical (unpaired) electrons. The molecule has 0 saturated carbocycles. The third-order valence-corrected chi connectivity index (χ3v) is 4.62. The first-order chi connectivity index (χ1) is 9.31. The van der Waals surface area contributed by atoms with E-state index in [0.717, 1.165) is 25.9 Å². The van der Waals surface area contributed by atoms with Crippen LogP contribution in [0.1, 0.15) is 33.1 Å². The standard InChI is InChI=1S/C14H25N3O3/c1-14(2)10-16(8-7-15(14)3)13(20)17-6-4-5-11(17)9-12(18)19/h11H,4-10H2,1-3H3,(H,18,19). The van der Waals surface area contributed by atoms with Gasteiger partial charge in [-0.1, -0.05) is 0 Å². The smallest absolute Gasteiger partial charge is 0.320 e. The maximum absolute atomic E-state index is 12.6. The Kier molecular flexibility index (Phi) is 4.22. The normalized spacial score (nSPS) is 26.9. The quantitative estimate of drug-likeness (QED) is 0.823. The van der Waals surface area contributed by atoms with Crippen molar-refractivity contribution in [1.29, 1.82) is 0 Å². The molecule has 2 amide bonds. The number of hydrogen-bond acceptors (Lipinski definition) is 3. The maximum Gasteiger partial charge on any atom is 0.320 e. The predicted molar refractivity (Wildman–Crippen MR) is 75.7 cm³/mol. The van der Waals surface area contributed by atoms with E-state index < -0.39 is 5.97 Å². The number of piperazine rings is 1. The minimum absolute atomic E-state index is 0.00919. The lowest BCUT2D eigenvalue weighted by Crippen LogP contribution is -2.61. The summed E-state index contributed by atoms with van der Waals surface area (Å²) in [6.07, 6.45) is 1.76. The van der Waals surface area contributed by atoms with E-state index in [9.17, 15) is 9.59 Å². The lowest BCUT2D eigenvalue weighted by Gasteiger charge is -2.46. The number of likely N-dealkylation sites (N-methyl/N-ethyl adjacent to an activating group) is 1. The molecule has 6 heteroatoms. The maximum atomic E-state index is 12.6. The van der Waals surface area contributed by atoms with Crippen molar-refractivity contribution >= 4 is 12.0 Å². The second-order valence-corrected chi connectivity index (χ2v) is 6.53. The number of carbonyl (C=O) groups excluding carboxylic acids is 1. The number of likely N-dealkylation sites (tertiary alicyclic amines) is 1. The monoisotopic (exact) mass is 283 g/mol. The fourth-order valence-corrected chi connectivity index (χ4v) is 3.09. The van der Waals surface area contributed by atoms with Crippen molar-refractivity contribution in [3.63, 3.8) is 0 Å². The number of carboxylic acid groups (broad SMARTS) is 1. The topological polar surface area (TPSA) is 64.1 Å². The Morgan fingerprint density at radius 1 is 1.25 bits per heavy atom. The molecule has 1 atom stereocenters. The lowest BCUT2D eigenvalue weighted by atomic mass is 10.00. The SMILES string of the molecule is CN1CCN(C(=O)N2CCCC2CC(=O)O)CC1(C)C. The zero-order valence-corrected chi connectivity index (χ0v) is 12.6. The summed E-state index contributed by atoms with van der Waals surface area (Å²) in [6.45, 7) is 7.21. The third kappa shape index (κ3) is 3.06. The average Bonchev–Trinajstić information content (AvgIpc) is 2.79. The van der Waals surface area contributed by atoms with Crippen LogP contribution in [0.3, 0.4) is 0 Å². The molecule has 2 fully saturated rings. The number of nitrogens with zero attached hydrogens (tertiary/aromatic N) is 3. The predicted octanol–water partition coefficient (Wildman–Crippen LogP) is 1.07. The number of hydrogen-bond donors (Lipinski definition) is 1. The van der Waals surface area contributed by atoms with Gasteiger partial charge in [-0.25, -0.2) is 4.79 Å². The summed E-state index contributed by atoms with van der Waals surface area (Å²) < 4.78 is 0. The molecule has 20 heavy (non-hydrogen) atoms. The van der Waals surface area contributed by atoms with Crippen LogP contribution >= 0.6 is 0 Å². The van der Waals surface area contributed by atoms with Crippen molar-refractivity contribution in [3.05, 3.63) is 0 Å². The van der Waals surface area contributed by atoms with Gasteiger partial charge >= 0.3 is 12.0 Å². The van der Waals surface area contributed by atoms with Crippen LogP contribution in [0.5, 0.6) is 0 Å². The van der Waals surface area contributed by atoms with Gasteiger partial charge in [-0.2, -0.15) is 0 Å². The van der Waals surface area contributed by atoms with Crippen LogP contribution in [-0.4, -0.2) is 76.6 Å². The molecular weight excluding hydrogens is 258 g/mol. The van der Waals surface area contributed by atoms with Crippen LogP contribution in [0.15, 0.2) is 0 Å². The van der Waals surface area contributed by atoms with Gasteiger partial charge in [0.2, 0.25) is 0 Å². The molecule has 0 aromatic carbocycles. The first kappa shape index (κ1) is 15.1. The molecule has 0 aliphatic carbocycles. The highest BCUT2D eigenvalue weighted by Crippen LogP contribution is 2.25. The van der Waals surface area contributed by atoms with Crippen molar-refractivity contribution in [2.24, 2.45) is 0 Å². The van der Waals surface area contributed by atoms with E-state index in [1.54, 1.807) is 4.90 Å². The van der Waals surface area contributed by atoms with Crippen LogP contribution in [0.2, 0.25) is 0 Å². The summed E-state index contributed by atoms with van der Waals surface area (Å²) in [5.74, 6) is -0.826. The van der Waals surface area contributed by atoms with E-state index >= 15 is 0 Å². The Balaban J connectivity index is 2.02. The van der Waals surface area contributed by atoms with Crippen LogP contribution in [0, 0.1) is 0 Å². The molecule has 2 aliphatic rings. The fourth-order valence-electron chi connectivity index (χ4n) is 3.09. The summed E-state index contributed by atoms with van der Waals surface area (Å²) in [5, 5.41) is 8.94. The van der Waals surface area contributed by atoms with Gasteiger partial charge in [-0.05, 0) is 33.7 Å². The van der Waals surface area contributed by atoms with Gasteiger partial charge in [0.05, 0.1) is 6.42 Å². The average molecular weight is 283 g/mol. The molecular formula is C14H25N3O3. The summed E-state index contributed by atoms with van der Waals surface area (Å²) in [5.41, 5.74) is -0.0318. The van der Waals surface area contributed by atoms with E-state index in [1.165, 1.54) is 0 Å². The van der Waals surface area contributed by atoms with Crippen LogP contribution in [-0.2, 0) is 4.79 Å². The molecule has 2 rings (SSSR count). The molecule has 2 saturated heterocycles. The molecule has 0 aromatic rings. The van der Waals surface area contributed by atoms with E-state index in [0.29, 0.717) is 13.1 Å². The number of aliphatic carboxylic acids is 1. The van der Waals surface area contributed by atoms with Crippen LogP contribution in [0.25, 0.3) is 0 Å². The fraction of sp³-hybridized carbons (Fsp3) is 0.857. The van der Waals surface area contributed by atoms with Crippen molar-refractivity contribution in [2.45, 2.75) is 44.7 Å². The largest absolute Gasteiger partial charge is 0.481 e. The second kappa shape index (κ2) is 5.60. The molecule has 0 spiro atoms. The summed E-state index contributed by atoms with van der Waals surface area (Å²) in [4.78, 5) is 29.4. The minimum atomic E-state index is -0.826. The summed E-state index contributed by atoms with van der Waals surface area (Å²) in [7, 11) is 2.07. The molecule has 1 unspecified atom stereocenters. The summed E-state index contributed by atoms with van der Waals surface area (Å²) >= 11 is 0. The first-order valence-corrected chi connectivity index (χ1v) is 7.30. The molecule has 114 valence electrons. The number of carbonyl (C=O) groups is 2. The molecule has 0 bridgehead atoms. The molecule has 6 nitrogen and oxygen atoms in total. The number of amides is 2. The van der Waals surface area contributed by atoms with Gasteiger partial charge in [-0.15, -0.1) is 0 Å². The van der Waals surface area contributed by atoms with E-state index in [2.05, 4.69) is 25.8 Å². The highest BCUT2D eigenvalue weighted by molar-refractivity contribution is 5.76. The Morgan fingerprint density at radius 2 is 1.95 bits per heavy atom. The number of rotatable bonds is 2. The zero-order chi connectivity index (χ0) is 14.9. The van der Waals surface area contributed by atoms with Crippen LogP contribution < -0.4 is 0 Å². The second-order valence-electron chi connectivity index (χ2n) is 6.53. The van der Waals surface area contributed by atoms with E-state index in [1.807, 2.05) is 4.90 Å². The number of carboxylic acids is 1. The first-order valence-electron chi connectivity index (χ1n) is 7.30. The van der Waals surface area contributed by atoms with Gasteiger partial charge in [0.15, 0.2) is 0 Å². The van der Waals surface area contributed by atoms with Crippen LogP contribution in [0.4, 0.5) is 4.79 Å². The molecule has 1 N–H and O–H groups in total. The minimum Gasteiger partial charge on any atom is -0.481 e. The zero-order valence-electron chi connectivity index (χ0n) is 12.6. The van der Waals surface area contributed by atoms with E-state index in [-0.39, 0.29) is 24.0 Å². The van der Waals surface area contributed by atoms with Crippen molar-refractivity contribution < 1.29 is 14.7 Å². The highest BCUT2D eigenvalue weighted by Gasteiger charge is 2.38.